The first-order chi connectivity index (χ1) is 15.9. The van der Waals surface area contributed by atoms with Crippen molar-refractivity contribution in [2.45, 2.75) is 6.54 Å². The summed E-state index contributed by atoms with van der Waals surface area (Å²) in [6.07, 6.45) is 1.59. The van der Waals surface area contributed by atoms with Crippen molar-refractivity contribution >= 4 is 45.3 Å². The summed E-state index contributed by atoms with van der Waals surface area (Å²) in [5.41, 5.74) is 1.88. The van der Waals surface area contributed by atoms with Gasteiger partial charge in [-0.15, -0.1) is 0 Å². The lowest BCUT2D eigenvalue weighted by atomic mass is 10.2. The number of methoxy groups -OCH3 is 1. The lowest BCUT2D eigenvalue weighted by molar-refractivity contribution is 0.398. The largest absolute Gasteiger partial charge is 0.481 e. The average molecular weight is 466 g/mol. The molecule has 10 nitrogen and oxygen atoms in total. The molecule has 4 aromatic heterocycles. The normalized spacial score (nSPS) is 11.4. The molecule has 0 unspecified atom stereocenters. The predicted octanol–water partition coefficient (Wildman–Crippen LogP) is 2.76. The van der Waals surface area contributed by atoms with Gasteiger partial charge in [0.1, 0.15) is 0 Å². The van der Waals surface area contributed by atoms with E-state index in [1.165, 1.54) is 16.2 Å². The van der Waals surface area contributed by atoms with Crippen molar-refractivity contribution in [2.24, 2.45) is 14.1 Å². The maximum Gasteiger partial charge on any atom is 0.332 e. The Labute approximate surface area is 192 Å². The van der Waals surface area contributed by atoms with Crippen molar-refractivity contribution in [2.75, 3.05) is 12.4 Å². The summed E-state index contributed by atoms with van der Waals surface area (Å²) in [5, 5.41) is 4.56. The van der Waals surface area contributed by atoms with Gasteiger partial charge in [-0.1, -0.05) is 17.7 Å². The van der Waals surface area contributed by atoms with Gasteiger partial charge in [-0.05, 0) is 24.3 Å². The van der Waals surface area contributed by atoms with Crippen LogP contribution < -0.4 is 21.3 Å². The molecule has 168 valence electrons. The van der Waals surface area contributed by atoms with Crippen molar-refractivity contribution < 1.29 is 4.74 Å². The highest BCUT2D eigenvalue weighted by Gasteiger charge is 2.19. The second kappa shape index (κ2) is 7.82. The molecule has 5 aromatic rings. The third-order valence-electron chi connectivity index (χ3n) is 5.56. The minimum absolute atomic E-state index is 0.0722. The van der Waals surface area contributed by atoms with Gasteiger partial charge in [0.05, 0.1) is 25.5 Å². The van der Waals surface area contributed by atoms with Gasteiger partial charge in [0.2, 0.25) is 11.8 Å². The van der Waals surface area contributed by atoms with E-state index in [0.717, 1.165) is 10.9 Å². The molecule has 0 fully saturated rings. The van der Waals surface area contributed by atoms with Gasteiger partial charge in [0, 0.05) is 41.8 Å². The van der Waals surface area contributed by atoms with Crippen LogP contribution in [-0.4, -0.2) is 35.8 Å². The number of ether oxygens (including phenoxy) is 1. The van der Waals surface area contributed by atoms with E-state index >= 15 is 0 Å². The number of anilines is 2. The molecular weight excluding hydrogens is 446 g/mol. The van der Waals surface area contributed by atoms with Crippen LogP contribution in [0.4, 0.5) is 11.6 Å². The second-order valence-electron chi connectivity index (χ2n) is 7.61. The molecule has 0 amide bonds. The number of benzene rings is 1. The van der Waals surface area contributed by atoms with Crippen LogP contribution in [0, 0.1) is 0 Å². The topological polar surface area (TPSA) is 112 Å². The van der Waals surface area contributed by atoms with Gasteiger partial charge >= 0.3 is 5.69 Å². The molecule has 0 spiro atoms. The third kappa shape index (κ3) is 3.44. The molecular formula is C22H20ClN7O3. The number of fused-ring (bicyclic) bond motifs is 2. The van der Waals surface area contributed by atoms with Gasteiger partial charge in [-0.25, -0.2) is 9.78 Å². The summed E-state index contributed by atoms with van der Waals surface area (Å²) in [6, 6.07) is 10.9. The number of halogens is 1. The van der Waals surface area contributed by atoms with Gasteiger partial charge in [0.25, 0.3) is 5.56 Å². The summed E-state index contributed by atoms with van der Waals surface area (Å²) in [7, 11) is 4.85. The monoisotopic (exact) mass is 465 g/mol. The Bertz CT molecular complexity index is 1630. The Hall–Kier alpha value is -4.05. The zero-order chi connectivity index (χ0) is 23.3. The fourth-order valence-electron chi connectivity index (χ4n) is 3.83. The van der Waals surface area contributed by atoms with E-state index in [-0.39, 0.29) is 12.2 Å². The van der Waals surface area contributed by atoms with Gasteiger partial charge in [-0.3, -0.25) is 13.9 Å². The number of H-pyrrole nitrogens is 1. The molecule has 0 bridgehead atoms. The molecule has 0 aliphatic heterocycles. The first-order valence-corrected chi connectivity index (χ1v) is 10.4. The van der Waals surface area contributed by atoms with E-state index in [2.05, 4.69) is 20.3 Å². The minimum Gasteiger partial charge on any atom is -0.481 e. The molecule has 0 saturated heterocycles. The highest BCUT2D eigenvalue weighted by molar-refractivity contribution is 6.35. The molecule has 0 radical (unpaired) electrons. The first-order valence-electron chi connectivity index (χ1n) is 10.1. The van der Waals surface area contributed by atoms with Crippen LogP contribution in [0.5, 0.6) is 5.88 Å². The van der Waals surface area contributed by atoms with Gasteiger partial charge in [0.15, 0.2) is 11.2 Å². The van der Waals surface area contributed by atoms with Gasteiger partial charge in [-0.2, -0.15) is 4.98 Å². The van der Waals surface area contributed by atoms with Crippen LogP contribution in [0.3, 0.4) is 0 Å². The molecule has 0 atom stereocenters. The lowest BCUT2D eigenvalue weighted by Gasteiger charge is -2.08. The number of hydrogen-bond donors (Lipinski definition) is 2. The number of aromatic nitrogens is 6. The smallest absolute Gasteiger partial charge is 0.332 e. The fraction of sp³-hybridized carbons (Fsp3) is 0.182. The Balaban J connectivity index is 1.58. The molecule has 0 aliphatic rings. The van der Waals surface area contributed by atoms with E-state index in [1.807, 2.05) is 18.2 Å². The summed E-state index contributed by atoms with van der Waals surface area (Å²) in [5.74, 6) is 0.883. The van der Waals surface area contributed by atoms with E-state index in [9.17, 15) is 9.59 Å². The molecule has 11 heteroatoms. The summed E-state index contributed by atoms with van der Waals surface area (Å²) < 4.78 is 9.24. The highest BCUT2D eigenvalue weighted by atomic mass is 35.5. The Morgan fingerprint density at radius 1 is 1.15 bits per heavy atom. The van der Waals surface area contributed by atoms with Crippen LogP contribution >= 0.6 is 11.6 Å². The minimum atomic E-state index is -0.465. The summed E-state index contributed by atoms with van der Waals surface area (Å²) in [4.78, 5) is 38.2. The van der Waals surface area contributed by atoms with Gasteiger partial charge < -0.3 is 19.6 Å². The van der Waals surface area contributed by atoms with E-state index < -0.39 is 11.2 Å². The average Bonchev–Trinajstić information content (AvgIpc) is 3.38. The Morgan fingerprint density at radius 2 is 1.97 bits per heavy atom. The fourth-order valence-corrected chi connectivity index (χ4v) is 4.06. The van der Waals surface area contributed by atoms with Crippen molar-refractivity contribution in [1.29, 1.82) is 0 Å². The van der Waals surface area contributed by atoms with Crippen LogP contribution in [0.25, 0.3) is 22.1 Å². The number of aromatic amines is 1. The molecule has 2 N–H and O–H groups in total. The third-order valence-corrected chi connectivity index (χ3v) is 5.89. The van der Waals surface area contributed by atoms with Crippen LogP contribution in [0.15, 0.2) is 52.2 Å². The second-order valence-corrected chi connectivity index (χ2v) is 8.02. The van der Waals surface area contributed by atoms with E-state index in [4.69, 9.17) is 16.3 Å². The Morgan fingerprint density at radius 3 is 2.67 bits per heavy atom. The number of aryl methyl sites for hydroxylation is 2. The standard InChI is InChI=1S/C22H20ClN7O3/c1-28-18-19(27-21(28)26-12-7-8-17(33-3)24-10-12)29(2)22(32)30(20(18)31)11-13-9-14-15(23)5-4-6-16(14)25-13/h4-10,25H,11H2,1-3H3,(H,26,27). The number of nitrogens with zero attached hydrogens (tertiary/aromatic N) is 5. The first kappa shape index (κ1) is 20.8. The molecule has 5 rings (SSSR count). The van der Waals surface area contributed by atoms with Crippen LogP contribution in [0.1, 0.15) is 5.69 Å². The maximum absolute atomic E-state index is 13.4. The number of hydrogen-bond acceptors (Lipinski definition) is 6. The number of rotatable bonds is 5. The zero-order valence-electron chi connectivity index (χ0n) is 18.1. The van der Waals surface area contributed by atoms with E-state index in [1.54, 1.807) is 43.1 Å². The molecule has 0 aliphatic carbocycles. The predicted molar refractivity (Wildman–Crippen MR) is 127 cm³/mol. The SMILES string of the molecule is COc1ccc(Nc2nc3c(c(=O)n(Cc4cc5c(Cl)cccc5[nH]4)c(=O)n3C)n2C)cn1. The number of nitrogens with one attached hydrogen (secondary N) is 2. The zero-order valence-corrected chi connectivity index (χ0v) is 18.8. The Kier molecular flexibility index (Phi) is 4.94. The molecule has 1 aromatic carbocycles. The summed E-state index contributed by atoms with van der Waals surface area (Å²) >= 11 is 6.26. The number of pyridine rings is 1. The molecule has 4 heterocycles. The molecule has 33 heavy (non-hydrogen) atoms. The molecule has 0 saturated carbocycles. The van der Waals surface area contributed by atoms with Crippen molar-refractivity contribution in [3.63, 3.8) is 0 Å². The van der Waals surface area contributed by atoms with Crippen molar-refractivity contribution in [3.05, 3.63) is 74.1 Å². The lowest BCUT2D eigenvalue weighted by Crippen LogP contribution is -2.39. The van der Waals surface area contributed by atoms with Crippen molar-refractivity contribution in [1.82, 2.24) is 28.7 Å². The highest BCUT2D eigenvalue weighted by Crippen LogP contribution is 2.24. The maximum atomic E-state index is 13.4. The summed E-state index contributed by atoms with van der Waals surface area (Å²) in [6.45, 7) is 0.0722. The quantitative estimate of drug-likeness (QED) is 0.413. The van der Waals surface area contributed by atoms with Crippen LogP contribution in [-0.2, 0) is 20.6 Å². The van der Waals surface area contributed by atoms with E-state index in [0.29, 0.717) is 33.7 Å². The number of imidazole rings is 1. The van der Waals surface area contributed by atoms with Crippen molar-refractivity contribution in [3.8, 4) is 5.88 Å². The van der Waals surface area contributed by atoms with Crippen LogP contribution in [0.2, 0.25) is 5.02 Å².